The highest BCUT2D eigenvalue weighted by molar-refractivity contribution is 5.82. The first-order valence-electron chi connectivity index (χ1n) is 10.9. The second-order valence-corrected chi connectivity index (χ2v) is 8.51. The molecule has 5 rings (SSSR count). The fourth-order valence-electron chi connectivity index (χ4n) is 5.07. The van der Waals surface area contributed by atoms with Crippen LogP contribution in [0.5, 0.6) is 0 Å². The van der Waals surface area contributed by atoms with Gasteiger partial charge in [0.15, 0.2) is 5.82 Å². The Bertz CT molecular complexity index is 1060. The van der Waals surface area contributed by atoms with Gasteiger partial charge in [-0.05, 0) is 73.1 Å². The fourth-order valence-corrected chi connectivity index (χ4v) is 5.07. The maximum Gasteiger partial charge on any atom is 0.253 e. The quantitative estimate of drug-likeness (QED) is 0.735. The number of likely N-dealkylation sites (tertiary alicyclic amines) is 1. The highest BCUT2D eigenvalue weighted by atomic mass is 16.1. The molecule has 1 N–H and O–H groups in total. The summed E-state index contributed by atoms with van der Waals surface area (Å²) in [6.07, 6.45) is 8.18. The van der Waals surface area contributed by atoms with Gasteiger partial charge in [-0.25, -0.2) is 4.68 Å². The van der Waals surface area contributed by atoms with Crippen molar-refractivity contribution in [1.82, 2.24) is 30.1 Å². The number of aromatic nitrogens is 5. The Kier molecular flexibility index (Phi) is 4.91. The molecular formula is C22H28N6O. The van der Waals surface area contributed by atoms with Crippen molar-refractivity contribution in [3.8, 4) is 0 Å². The van der Waals surface area contributed by atoms with Crippen LogP contribution in [-0.4, -0.2) is 43.2 Å². The highest BCUT2D eigenvalue weighted by Crippen LogP contribution is 2.34. The number of rotatable bonds is 4. The number of hydrogen-bond donors (Lipinski definition) is 1. The van der Waals surface area contributed by atoms with Crippen LogP contribution >= 0.6 is 0 Å². The average Bonchev–Trinajstić information content (AvgIpc) is 3.42. The molecule has 0 spiro atoms. The number of piperidine rings is 1. The lowest BCUT2D eigenvalue weighted by atomic mass is 9.99. The van der Waals surface area contributed by atoms with E-state index in [1.807, 2.05) is 29.8 Å². The van der Waals surface area contributed by atoms with E-state index in [9.17, 15) is 4.79 Å². The van der Waals surface area contributed by atoms with Crippen molar-refractivity contribution in [2.45, 2.75) is 64.0 Å². The number of para-hydroxylation sites is 1. The van der Waals surface area contributed by atoms with E-state index < -0.39 is 0 Å². The molecule has 7 nitrogen and oxygen atoms in total. The first-order chi connectivity index (χ1) is 14.2. The molecule has 2 aliphatic rings. The fraction of sp³-hybridized carbons (Fsp3) is 0.545. The molecule has 7 heteroatoms. The van der Waals surface area contributed by atoms with Crippen molar-refractivity contribution < 1.29 is 0 Å². The third kappa shape index (κ3) is 3.37. The van der Waals surface area contributed by atoms with Gasteiger partial charge in [0.25, 0.3) is 5.56 Å². The molecule has 1 aliphatic heterocycles. The van der Waals surface area contributed by atoms with Crippen LogP contribution in [0.3, 0.4) is 0 Å². The van der Waals surface area contributed by atoms with Crippen LogP contribution in [0.2, 0.25) is 0 Å². The van der Waals surface area contributed by atoms with Crippen LogP contribution in [0.15, 0.2) is 29.1 Å². The third-order valence-electron chi connectivity index (χ3n) is 6.60. The Morgan fingerprint density at radius 1 is 1.10 bits per heavy atom. The molecule has 2 aromatic heterocycles. The molecule has 0 bridgehead atoms. The van der Waals surface area contributed by atoms with Gasteiger partial charge in [-0.15, -0.1) is 5.10 Å². The minimum Gasteiger partial charge on any atom is -0.321 e. The SMILES string of the molecule is Cc1cccc2cc([C@H](c3nnnn3C3CCCC3)N3CCCCC3)c(=O)[nH]c12. The van der Waals surface area contributed by atoms with E-state index in [4.69, 9.17) is 0 Å². The summed E-state index contributed by atoms with van der Waals surface area (Å²) in [6, 6.07) is 8.32. The number of nitrogens with one attached hydrogen (secondary N) is 1. The molecule has 1 aliphatic carbocycles. The largest absolute Gasteiger partial charge is 0.321 e. The summed E-state index contributed by atoms with van der Waals surface area (Å²) in [5.74, 6) is 0.816. The van der Waals surface area contributed by atoms with E-state index in [0.29, 0.717) is 6.04 Å². The van der Waals surface area contributed by atoms with Crippen LogP contribution < -0.4 is 5.56 Å². The molecule has 152 valence electrons. The molecule has 1 atom stereocenters. The van der Waals surface area contributed by atoms with Crippen molar-refractivity contribution in [2.75, 3.05) is 13.1 Å². The number of nitrogens with zero attached hydrogens (tertiary/aromatic N) is 5. The van der Waals surface area contributed by atoms with Gasteiger partial charge in [-0.3, -0.25) is 9.69 Å². The zero-order valence-electron chi connectivity index (χ0n) is 17.0. The predicted molar refractivity (Wildman–Crippen MR) is 112 cm³/mol. The lowest BCUT2D eigenvalue weighted by Gasteiger charge is -2.34. The summed E-state index contributed by atoms with van der Waals surface area (Å²) in [5, 5.41) is 13.9. The minimum atomic E-state index is -0.209. The van der Waals surface area contributed by atoms with Gasteiger partial charge in [0.05, 0.1) is 11.6 Å². The molecular weight excluding hydrogens is 364 g/mol. The third-order valence-corrected chi connectivity index (χ3v) is 6.60. The minimum absolute atomic E-state index is 0.0386. The van der Waals surface area contributed by atoms with Crippen LogP contribution in [0.4, 0.5) is 0 Å². The molecule has 3 aromatic rings. The highest BCUT2D eigenvalue weighted by Gasteiger charge is 2.33. The lowest BCUT2D eigenvalue weighted by molar-refractivity contribution is 0.174. The predicted octanol–water partition coefficient (Wildman–Crippen LogP) is 3.51. The first-order valence-corrected chi connectivity index (χ1v) is 10.9. The molecule has 0 radical (unpaired) electrons. The Morgan fingerprint density at radius 3 is 2.69 bits per heavy atom. The molecule has 29 heavy (non-hydrogen) atoms. The van der Waals surface area contributed by atoms with Gasteiger partial charge in [0.1, 0.15) is 6.04 Å². The van der Waals surface area contributed by atoms with Crippen molar-refractivity contribution in [2.24, 2.45) is 0 Å². The number of aryl methyl sites for hydroxylation is 1. The molecule has 2 fully saturated rings. The van der Waals surface area contributed by atoms with E-state index in [1.54, 1.807) is 0 Å². The smallest absolute Gasteiger partial charge is 0.253 e. The number of benzene rings is 1. The van der Waals surface area contributed by atoms with E-state index in [2.05, 4.69) is 31.5 Å². The summed E-state index contributed by atoms with van der Waals surface area (Å²) in [4.78, 5) is 18.8. The molecule has 3 heterocycles. The maximum atomic E-state index is 13.2. The summed E-state index contributed by atoms with van der Waals surface area (Å²) in [5.41, 5.74) is 2.70. The Morgan fingerprint density at radius 2 is 1.90 bits per heavy atom. The number of tetrazole rings is 1. The first kappa shape index (κ1) is 18.5. The topological polar surface area (TPSA) is 79.7 Å². The van der Waals surface area contributed by atoms with Crippen molar-refractivity contribution in [3.63, 3.8) is 0 Å². The standard InChI is InChI=1S/C22H28N6O/c1-15-8-7-9-16-14-18(22(29)23-19(15)16)20(27-12-5-2-6-13-27)21-24-25-26-28(21)17-10-3-4-11-17/h7-9,14,17,20H,2-6,10-13H2,1H3,(H,23,29)/t20-/m1/s1. The molecule has 0 amide bonds. The number of pyridine rings is 1. The van der Waals surface area contributed by atoms with Crippen LogP contribution in [0.1, 0.15) is 74.0 Å². The van der Waals surface area contributed by atoms with Gasteiger partial charge in [-0.2, -0.15) is 0 Å². The number of H-pyrrole nitrogens is 1. The van der Waals surface area contributed by atoms with E-state index >= 15 is 0 Å². The van der Waals surface area contributed by atoms with Crippen molar-refractivity contribution in [3.05, 3.63) is 51.6 Å². The van der Waals surface area contributed by atoms with E-state index in [0.717, 1.165) is 66.6 Å². The normalized spacial score (nSPS) is 19.8. The van der Waals surface area contributed by atoms with Crippen molar-refractivity contribution >= 4 is 10.9 Å². The molecule has 1 aromatic carbocycles. The Balaban J connectivity index is 1.66. The number of hydrogen-bond acceptors (Lipinski definition) is 5. The van der Waals surface area contributed by atoms with Crippen LogP contribution in [0, 0.1) is 6.92 Å². The lowest BCUT2D eigenvalue weighted by Crippen LogP contribution is -2.38. The Hall–Kier alpha value is -2.54. The molecule has 1 saturated carbocycles. The van der Waals surface area contributed by atoms with Gasteiger partial charge in [0, 0.05) is 5.56 Å². The van der Waals surface area contributed by atoms with Crippen LogP contribution in [0.25, 0.3) is 10.9 Å². The van der Waals surface area contributed by atoms with E-state index in [1.165, 1.54) is 19.3 Å². The van der Waals surface area contributed by atoms with Gasteiger partial charge < -0.3 is 4.98 Å². The zero-order chi connectivity index (χ0) is 19.8. The molecule has 1 saturated heterocycles. The summed E-state index contributed by atoms with van der Waals surface area (Å²) in [7, 11) is 0. The Labute approximate surface area is 170 Å². The average molecular weight is 393 g/mol. The van der Waals surface area contributed by atoms with Crippen molar-refractivity contribution in [1.29, 1.82) is 0 Å². The molecule has 0 unspecified atom stereocenters. The summed E-state index contributed by atoms with van der Waals surface area (Å²) < 4.78 is 2.01. The van der Waals surface area contributed by atoms with Gasteiger partial charge in [0.2, 0.25) is 0 Å². The van der Waals surface area contributed by atoms with Gasteiger partial charge >= 0.3 is 0 Å². The van der Waals surface area contributed by atoms with Crippen LogP contribution in [-0.2, 0) is 0 Å². The number of fused-ring (bicyclic) bond motifs is 1. The maximum absolute atomic E-state index is 13.2. The van der Waals surface area contributed by atoms with E-state index in [-0.39, 0.29) is 11.6 Å². The zero-order valence-corrected chi connectivity index (χ0v) is 17.0. The summed E-state index contributed by atoms with van der Waals surface area (Å²) >= 11 is 0. The van der Waals surface area contributed by atoms with Gasteiger partial charge in [-0.1, -0.05) is 37.5 Å². The second kappa shape index (κ2) is 7.71. The summed E-state index contributed by atoms with van der Waals surface area (Å²) in [6.45, 7) is 3.96. The monoisotopic (exact) mass is 392 g/mol. The number of aromatic amines is 1. The second-order valence-electron chi connectivity index (χ2n) is 8.51.